The summed E-state index contributed by atoms with van der Waals surface area (Å²) in [5, 5.41) is 2.99. The maximum atomic E-state index is 12.5. The van der Waals surface area contributed by atoms with Gasteiger partial charge in [-0.2, -0.15) is 0 Å². The van der Waals surface area contributed by atoms with Crippen LogP contribution in [-0.2, 0) is 4.79 Å². The summed E-state index contributed by atoms with van der Waals surface area (Å²) in [7, 11) is 0. The smallest absolute Gasteiger partial charge is 0.228 e. The quantitative estimate of drug-likeness (QED) is 0.810. The first-order valence-corrected chi connectivity index (χ1v) is 7.91. The monoisotopic (exact) mass is 354 g/mol. The highest BCUT2D eigenvalue weighted by atomic mass is 79.9. The van der Waals surface area contributed by atoms with Crippen LogP contribution in [0.3, 0.4) is 0 Å². The van der Waals surface area contributed by atoms with Gasteiger partial charge in [-0.1, -0.05) is 48.4 Å². The fourth-order valence-corrected chi connectivity index (χ4v) is 3.39. The van der Waals surface area contributed by atoms with Gasteiger partial charge in [0.1, 0.15) is 4.99 Å². The number of benzene rings is 1. The lowest BCUT2D eigenvalue weighted by Gasteiger charge is -2.26. The molecule has 1 aliphatic carbocycles. The van der Waals surface area contributed by atoms with E-state index in [1.54, 1.807) is 0 Å². The molecule has 1 fully saturated rings. The highest BCUT2D eigenvalue weighted by Gasteiger charge is 2.39. The second-order valence-corrected chi connectivity index (χ2v) is 7.33. The molecular weight excluding hydrogens is 336 g/mol. The molecule has 1 saturated carbocycles. The summed E-state index contributed by atoms with van der Waals surface area (Å²) >= 11 is 8.43. The van der Waals surface area contributed by atoms with Crippen LogP contribution < -0.4 is 11.1 Å². The fourth-order valence-electron chi connectivity index (χ4n) is 2.86. The molecule has 0 aromatic heterocycles. The fraction of sp³-hybridized carbons (Fsp3) is 0.467. The van der Waals surface area contributed by atoms with Crippen molar-refractivity contribution in [1.82, 2.24) is 0 Å². The highest BCUT2D eigenvalue weighted by Crippen LogP contribution is 2.43. The molecule has 20 heavy (non-hydrogen) atoms. The molecule has 0 saturated heterocycles. The van der Waals surface area contributed by atoms with Gasteiger partial charge < -0.3 is 11.1 Å². The Balaban J connectivity index is 2.22. The third kappa shape index (κ3) is 3.20. The van der Waals surface area contributed by atoms with E-state index < -0.39 is 0 Å². The van der Waals surface area contributed by atoms with Gasteiger partial charge in [-0.3, -0.25) is 4.79 Å². The first-order chi connectivity index (χ1) is 9.31. The van der Waals surface area contributed by atoms with Crippen molar-refractivity contribution in [3.05, 3.63) is 28.2 Å². The molecule has 0 aliphatic heterocycles. The maximum Gasteiger partial charge on any atom is 0.228 e. The van der Waals surface area contributed by atoms with Gasteiger partial charge in [-0.05, 0) is 36.5 Å². The van der Waals surface area contributed by atoms with E-state index in [2.05, 4.69) is 35.1 Å². The predicted octanol–water partition coefficient (Wildman–Crippen LogP) is 3.85. The van der Waals surface area contributed by atoms with Crippen molar-refractivity contribution in [3.63, 3.8) is 0 Å². The maximum absolute atomic E-state index is 12.5. The van der Waals surface area contributed by atoms with E-state index in [0.29, 0.717) is 11.3 Å². The molecule has 0 spiro atoms. The van der Waals surface area contributed by atoms with Crippen LogP contribution in [0.2, 0.25) is 0 Å². The molecule has 5 heteroatoms. The van der Waals surface area contributed by atoms with Gasteiger partial charge in [0.15, 0.2) is 0 Å². The summed E-state index contributed by atoms with van der Waals surface area (Å²) in [6.07, 6.45) is 3.14. The molecule has 3 nitrogen and oxygen atoms in total. The average Bonchev–Trinajstić information content (AvgIpc) is 2.71. The Labute approximate surface area is 133 Å². The Morgan fingerprint density at radius 3 is 2.75 bits per heavy atom. The van der Waals surface area contributed by atoms with Crippen LogP contribution in [0.15, 0.2) is 22.7 Å². The van der Waals surface area contributed by atoms with Crippen molar-refractivity contribution in [2.24, 2.45) is 17.1 Å². The summed E-state index contributed by atoms with van der Waals surface area (Å²) in [5.74, 6) is 0.109. The highest BCUT2D eigenvalue weighted by molar-refractivity contribution is 9.10. The van der Waals surface area contributed by atoms with E-state index in [9.17, 15) is 4.79 Å². The molecule has 1 aromatic rings. The molecule has 1 unspecified atom stereocenters. The SMILES string of the molecule is CC1(C)CCCC1C(=O)Nc1ccc(Br)cc1C(N)=S. The molecule has 0 heterocycles. The van der Waals surface area contributed by atoms with Gasteiger partial charge in [-0.15, -0.1) is 0 Å². The molecule has 108 valence electrons. The van der Waals surface area contributed by atoms with E-state index in [-0.39, 0.29) is 22.2 Å². The van der Waals surface area contributed by atoms with Crippen LogP contribution in [0.1, 0.15) is 38.7 Å². The second-order valence-electron chi connectivity index (χ2n) is 5.98. The molecule has 0 bridgehead atoms. The molecular formula is C15H19BrN2OS. The Morgan fingerprint density at radius 2 is 2.20 bits per heavy atom. The number of carbonyl (C=O) groups excluding carboxylic acids is 1. The number of rotatable bonds is 3. The topological polar surface area (TPSA) is 55.1 Å². The Hall–Kier alpha value is -0.940. The van der Waals surface area contributed by atoms with Crippen LogP contribution in [0.4, 0.5) is 5.69 Å². The molecule has 1 atom stereocenters. The summed E-state index contributed by atoms with van der Waals surface area (Å²) < 4.78 is 0.888. The van der Waals surface area contributed by atoms with Crippen LogP contribution in [0.5, 0.6) is 0 Å². The minimum absolute atomic E-state index is 0.0466. The van der Waals surface area contributed by atoms with Gasteiger partial charge in [0.05, 0.1) is 5.69 Å². The standard InChI is InChI=1S/C15H19BrN2OS/c1-15(2)7-3-4-11(15)14(19)18-12-6-5-9(16)8-10(12)13(17)20/h5-6,8,11H,3-4,7H2,1-2H3,(H2,17,20)(H,18,19). The largest absolute Gasteiger partial charge is 0.389 e. The Bertz CT molecular complexity index is 557. The zero-order valence-corrected chi connectivity index (χ0v) is 14.1. The first-order valence-electron chi connectivity index (χ1n) is 6.71. The molecule has 2 rings (SSSR count). The van der Waals surface area contributed by atoms with E-state index >= 15 is 0 Å². The molecule has 1 amide bonds. The van der Waals surface area contributed by atoms with Crippen molar-refractivity contribution in [1.29, 1.82) is 0 Å². The van der Waals surface area contributed by atoms with Crippen molar-refractivity contribution in [3.8, 4) is 0 Å². The first kappa shape index (κ1) is 15.4. The minimum Gasteiger partial charge on any atom is -0.389 e. The number of anilines is 1. The lowest BCUT2D eigenvalue weighted by atomic mass is 9.81. The summed E-state index contributed by atoms with van der Waals surface area (Å²) in [5.41, 5.74) is 7.17. The lowest BCUT2D eigenvalue weighted by molar-refractivity contribution is -0.122. The number of nitrogens with two attached hydrogens (primary N) is 1. The van der Waals surface area contributed by atoms with Crippen LogP contribution in [0.25, 0.3) is 0 Å². The van der Waals surface area contributed by atoms with Gasteiger partial charge in [0.2, 0.25) is 5.91 Å². The average molecular weight is 355 g/mol. The van der Waals surface area contributed by atoms with Crippen LogP contribution in [-0.4, -0.2) is 10.9 Å². The zero-order valence-electron chi connectivity index (χ0n) is 11.7. The van der Waals surface area contributed by atoms with Gasteiger partial charge in [-0.25, -0.2) is 0 Å². The Morgan fingerprint density at radius 1 is 1.50 bits per heavy atom. The summed E-state index contributed by atoms with van der Waals surface area (Å²) in [6.45, 7) is 4.31. The number of halogens is 1. The van der Waals surface area contributed by atoms with Gasteiger partial charge in [0.25, 0.3) is 0 Å². The van der Waals surface area contributed by atoms with Crippen molar-refractivity contribution in [2.75, 3.05) is 5.32 Å². The van der Waals surface area contributed by atoms with E-state index in [1.165, 1.54) is 0 Å². The number of thiocarbonyl (C=S) groups is 1. The third-order valence-electron chi connectivity index (χ3n) is 4.08. The number of amides is 1. The predicted molar refractivity (Wildman–Crippen MR) is 89.8 cm³/mol. The van der Waals surface area contributed by atoms with Crippen molar-refractivity contribution in [2.45, 2.75) is 33.1 Å². The molecule has 1 aromatic carbocycles. The third-order valence-corrected chi connectivity index (χ3v) is 4.79. The van der Waals surface area contributed by atoms with Gasteiger partial charge in [0, 0.05) is 16.0 Å². The van der Waals surface area contributed by atoms with E-state index in [4.69, 9.17) is 18.0 Å². The normalized spacial score (nSPS) is 20.6. The van der Waals surface area contributed by atoms with E-state index in [1.807, 2.05) is 18.2 Å². The van der Waals surface area contributed by atoms with E-state index in [0.717, 1.165) is 23.7 Å². The molecule has 0 radical (unpaired) electrons. The lowest BCUT2D eigenvalue weighted by Crippen LogP contribution is -2.31. The number of nitrogens with one attached hydrogen (secondary N) is 1. The van der Waals surface area contributed by atoms with Crippen molar-refractivity contribution >= 4 is 44.7 Å². The zero-order chi connectivity index (χ0) is 14.9. The van der Waals surface area contributed by atoms with Crippen LogP contribution >= 0.6 is 28.1 Å². The summed E-state index contributed by atoms with van der Waals surface area (Å²) in [6, 6.07) is 5.54. The minimum atomic E-state index is 0.0466. The second kappa shape index (κ2) is 5.82. The summed E-state index contributed by atoms with van der Waals surface area (Å²) in [4.78, 5) is 12.8. The molecule has 1 aliphatic rings. The number of hydrogen-bond acceptors (Lipinski definition) is 2. The molecule has 3 N–H and O–H groups in total. The van der Waals surface area contributed by atoms with Gasteiger partial charge >= 0.3 is 0 Å². The number of carbonyl (C=O) groups is 1. The van der Waals surface area contributed by atoms with Crippen molar-refractivity contribution < 1.29 is 4.79 Å². The Kier molecular flexibility index (Phi) is 4.49. The van der Waals surface area contributed by atoms with Crippen LogP contribution in [0, 0.1) is 11.3 Å². The number of hydrogen-bond donors (Lipinski definition) is 2.